The molecular weight excluding hydrogens is 350 g/mol. The van der Waals surface area contributed by atoms with Gasteiger partial charge in [0.25, 0.3) is 0 Å². The maximum absolute atomic E-state index is 13.2. The monoisotopic (exact) mass is 369 g/mol. The van der Waals surface area contributed by atoms with Crippen LogP contribution >= 0.6 is 0 Å². The van der Waals surface area contributed by atoms with Crippen LogP contribution < -0.4 is 5.32 Å². The summed E-state index contributed by atoms with van der Waals surface area (Å²) in [4.78, 5) is 29.4. The summed E-state index contributed by atoms with van der Waals surface area (Å²) in [6.45, 7) is 2.83. The van der Waals surface area contributed by atoms with Crippen molar-refractivity contribution in [2.24, 2.45) is 0 Å². The van der Waals surface area contributed by atoms with Crippen LogP contribution in [-0.4, -0.2) is 21.4 Å². The van der Waals surface area contributed by atoms with E-state index in [4.69, 9.17) is 0 Å². The molecule has 4 heterocycles. The number of para-hydroxylation sites is 2. The summed E-state index contributed by atoms with van der Waals surface area (Å²) >= 11 is 0. The molecule has 5 heteroatoms. The molecular formula is C23H19N3O2. The molecule has 2 atom stereocenters. The number of hydrogen-bond acceptors (Lipinski definition) is 2. The third-order valence-electron chi connectivity index (χ3n) is 6.64. The molecule has 4 aromatic rings. The Morgan fingerprint density at radius 1 is 1.07 bits per heavy atom. The van der Waals surface area contributed by atoms with Crippen molar-refractivity contribution in [3.05, 3.63) is 71.5 Å². The number of aromatic nitrogens is 2. The van der Waals surface area contributed by atoms with Gasteiger partial charge < -0.3 is 9.55 Å². The highest BCUT2D eigenvalue weighted by Crippen LogP contribution is 2.48. The van der Waals surface area contributed by atoms with Crippen LogP contribution in [-0.2, 0) is 28.0 Å². The van der Waals surface area contributed by atoms with Gasteiger partial charge in [-0.05, 0) is 36.1 Å². The molecule has 2 aliphatic rings. The number of H-pyrrole nitrogens is 1. The summed E-state index contributed by atoms with van der Waals surface area (Å²) in [6, 6.07) is 14.2. The Morgan fingerprint density at radius 3 is 2.79 bits per heavy atom. The second kappa shape index (κ2) is 5.13. The van der Waals surface area contributed by atoms with Crippen molar-refractivity contribution < 1.29 is 9.59 Å². The number of benzene rings is 2. The first-order valence-electron chi connectivity index (χ1n) is 9.61. The summed E-state index contributed by atoms with van der Waals surface area (Å²) in [5.41, 5.74) is 4.32. The third kappa shape index (κ3) is 1.76. The van der Waals surface area contributed by atoms with Gasteiger partial charge in [-0.2, -0.15) is 0 Å². The van der Waals surface area contributed by atoms with Crippen molar-refractivity contribution in [2.75, 3.05) is 0 Å². The van der Waals surface area contributed by atoms with Gasteiger partial charge in [0.15, 0.2) is 0 Å². The number of carbonyl (C=O) groups excluding carboxylic acids is 2. The second-order valence-corrected chi connectivity index (χ2v) is 8.04. The van der Waals surface area contributed by atoms with Crippen LogP contribution in [0.5, 0.6) is 0 Å². The Hall–Kier alpha value is -3.34. The van der Waals surface area contributed by atoms with Crippen LogP contribution in [0.1, 0.15) is 29.5 Å². The SMILES string of the molecule is C[C@@]1(c2cn3c4c(cccc24)CC3)C(=O)NC(=O)C1c1c[nH]c2ccccc12. The maximum atomic E-state index is 13.2. The van der Waals surface area contributed by atoms with E-state index in [9.17, 15) is 9.59 Å². The van der Waals surface area contributed by atoms with Crippen LogP contribution in [0.15, 0.2) is 54.9 Å². The lowest BCUT2D eigenvalue weighted by Crippen LogP contribution is -2.35. The Kier molecular flexibility index (Phi) is 2.88. The Bertz CT molecular complexity index is 1310. The number of amides is 2. The molecule has 5 nitrogen and oxygen atoms in total. The number of nitrogens with one attached hydrogen (secondary N) is 2. The molecule has 0 bridgehead atoms. The summed E-state index contributed by atoms with van der Waals surface area (Å²) in [6.07, 6.45) is 4.98. The summed E-state index contributed by atoms with van der Waals surface area (Å²) in [7, 11) is 0. The topological polar surface area (TPSA) is 66.9 Å². The lowest BCUT2D eigenvalue weighted by Gasteiger charge is -2.27. The van der Waals surface area contributed by atoms with Crippen LogP contribution in [0, 0.1) is 0 Å². The summed E-state index contributed by atoms with van der Waals surface area (Å²) < 4.78 is 2.23. The fraction of sp³-hybridized carbons (Fsp3) is 0.217. The molecule has 28 heavy (non-hydrogen) atoms. The molecule has 0 radical (unpaired) electrons. The first-order valence-corrected chi connectivity index (χ1v) is 9.61. The van der Waals surface area contributed by atoms with Gasteiger partial charge >= 0.3 is 0 Å². The average Bonchev–Trinajstić information content (AvgIpc) is 3.43. The standard InChI is InChI=1S/C23H19N3O2/c1-23(17-12-26-10-9-13-5-4-7-15(17)20(13)26)19(21(27)25-22(23)28)16-11-24-18-8-3-2-6-14(16)18/h2-8,11-12,19,24H,9-10H2,1H3,(H,25,27,28)/t19?,23-/m0/s1. The molecule has 138 valence electrons. The van der Waals surface area contributed by atoms with Crippen molar-refractivity contribution in [1.29, 1.82) is 0 Å². The second-order valence-electron chi connectivity index (χ2n) is 8.04. The molecule has 0 spiro atoms. The number of nitrogens with zero attached hydrogens (tertiary/aromatic N) is 1. The minimum Gasteiger partial charge on any atom is -0.361 e. The lowest BCUT2D eigenvalue weighted by molar-refractivity contribution is -0.126. The molecule has 2 aromatic carbocycles. The zero-order valence-corrected chi connectivity index (χ0v) is 15.5. The minimum atomic E-state index is -0.957. The fourth-order valence-electron chi connectivity index (χ4n) is 5.24. The predicted octanol–water partition coefficient (Wildman–Crippen LogP) is 3.38. The Balaban J connectivity index is 1.64. The van der Waals surface area contributed by atoms with E-state index in [-0.39, 0.29) is 11.8 Å². The quantitative estimate of drug-likeness (QED) is 0.532. The largest absolute Gasteiger partial charge is 0.361 e. The van der Waals surface area contributed by atoms with Gasteiger partial charge in [-0.1, -0.05) is 36.4 Å². The number of fused-ring (bicyclic) bond motifs is 1. The highest BCUT2D eigenvalue weighted by molar-refractivity contribution is 6.15. The van der Waals surface area contributed by atoms with Crippen LogP contribution in [0.4, 0.5) is 0 Å². The van der Waals surface area contributed by atoms with E-state index < -0.39 is 11.3 Å². The average molecular weight is 369 g/mol. The van der Waals surface area contributed by atoms with Crippen molar-refractivity contribution in [1.82, 2.24) is 14.9 Å². The van der Waals surface area contributed by atoms with Crippen molar-refractivity contribution in [3.8, 4) is 0 Å². The molecule has 6 rings (SSSR count). The number of hydrogen-bond donors (Lipinski definition) is 2. The molecule has 2 aromatic heterocycles. The molecule has 0 saturated carbocycles. The van der Waals surface area contributed by atoms with Crippen molar-refractivity contribution >= 4 is 33.6 Å². The summed E-state index contributed by atoms with van der Waals surface area (Å²) in [5, 5.41) is 4.68. The molecule has 2 amide bonds. The number of aryl methyl sites for hydroxylation is 2. The lowest BCUT2D eigenvalue weighted by atomic mass is 9.70. The summed E-state index contributed by atoms with van der Waals surface area (Å²) in [5.74, 6) is -1.03. The number of aromatic amines is 1. The molecule has 1 saturated heterocycles. The smallest absolute Gasteiger partial charge is 0.238 e. The van der Waals surface area contributed by atoms with Crippen molar-refractivity contribution in [3.63, 3.8) is 0 Å². The molecule has 2 N–H and O–H groups in total. The van der Waals surface area contributed by atoms with Gasteiger partial charge in [-0.15, -0.1) is 0 Å². The highest BCUT2D eigenvalue weighted by atomic mass is 16.2. The van der Waals surface area contributed by atoms with Gasteiger partial charge in [0, 0.05) is 35.2 Å². The van der Waals surface area contributed by atoms with Gasteiger partial charge in [-0.3, -0.25) is 14.9 Å². The molecule has 0 aliphatic carbocycles. The third-order valence-corrected chi connectivity index (χ3v) is 6.64. The van der Waals surface area contributed by atoms with E-state index in [2.05, 4.69) is 39.3 Å². The maximum Gasteiger partial charge on any atom is 0.238 e. The number of imide groups is 1. The molecule has 1 fully saturated rings. The van der Waals surface area contributed by atoms with Crippen LogP contribution in [0.3, 0.4) is 0 Å². The Labute approximate surface area is 161 Å². The molecule has 1 unspecified atom stereocenters. The first kappa shape index (κ1) is 15.7. The first-order chi connectivity index (χ1) is 13.6. The Morgan fingerprint density at radius 2 is 1.89 bits per heavy atom. The molecule has 2 aliphatic heterocycles. The zero-order valence-electron chi connectivity index (χ0n) is 15.5. The van der Waals surface area contributed by atoms with E-state index in [0.717, 1.165) is 40.4 Å². The fourth-order valence-corrected chi connectivity index (χ4v) is 5.24. The van der Waals surface area contributed by atoms with E-state index in [1.807, 2.05) is 37.4 Å². The van der Waals surface area contributed by atoms with E-state index in [1.54, 1.807) is 0 Å². The predicted molar refractivity (Wildman–Crippen MR) is 107 cm³/mol. The highest BCUT2D eigenvalue weighted by Gasteiger charge is 2.55. The minimum absolute atomic E-state index is 0.224. The van der Waals surface area contributed by atoms with Gasteiger partial charge in [-0.25, -0.2) is 0 Å². The van der Waals surface area contributed by atoms with Crippen LogP contribution in [0.2, 0.25) is 0 Å². The van der Waals surface area contributed by atoms with E-state index in [0.29, 0.717) is 0 Å². The van der Waals surface area contributed by atoms with Crippen molar-refractivity contribution in [2.45, 2.75) is 31.2 Å². The number of carbonyl (C=O) groups is 2. The van der Waals surface area contributed by atoms with Gasteiger partial charge in [0.1, 0.15) is 0 Å². The van der Waals surface area contributed by atoms with Gasteiger partial charge in [0.05, 0.1) is 16.8 Å². The van der Waals surface area contributed by atoms with E-state index >= 15 is 0 Å². The van der Waals surface area contributed by atoms with E-state index in [1.165, 1.54) is 11.1 Å². The van der Waals surface area contributed by atoms with Gasteiger partial charge in [0.2, 0.25) is 11.8 Å². The number of rotatable bonds is 2. The zero-order chi connectivity index (χ0) is 19.0. The normalized spacial score (nSPS) is 23.8. The van der Waals surface area contributed by atoms with Crippen LogP contribution in [0.25, 0.3) is 21.8 Å².